The molecule has 0 N–H and O–H groups in total. The monoisotopic (exact) mass is 299 g/mol. The van der Waals surface area contributed by atoms with Crippen molar-refractivity contribution >= 4 is 23.2 Å². The second kappa shape index (κ2) is 5.91. The SMILES string of the molecule is Cc1ccc(C)c(N2N=C(C(=O)N3CCCC3)CCC2=O)c1. The first-order valence-corrected chi connectivity index (χ1v) is 7.83. The topological polar surface area (TPSA) is 53.0 Å². The molecular weight excluding hydrogens is 278 g/mol. The molecule has 0 aromatic heterocycles. The number of hydrogen-bond donors (Lipinski definition) is 0. The standard InChI is InChI=1S/C17H21N3O2/c1-12-5-6-13(2)15(11-12)20-16(21)8-7-14(18-20)17(22)19-9-3-4-10-19/h5-6,11H,3-4,7-10H2,1-2H3. The number of hydrazone groups is 1. The van der Waals surface area contributed by atoms with E-state index < -0.39 is 0 Å². The molecule has 0 bridgehead atoms. The molecule has 0 radical (unpaired) electrons. The molecule has 5 heteroatoms. The number of hydrogen-bond acceptors (Lipinski definition) is 3. The summed E-state index contributed by atoms with van der Waals surface area (Å²) in [6.07, 6.45) is 2.89. The summed E-state index contributed by atoms with van der Waals surface area (Å²) in [4.78, 5) is 26.6. The number of amides is 2. The molecule has 2 aliphatic rings. The molecule has 0 atom stereocenters. The second-order valence-electron chi connectivity index (χ2n) is 6.04. The molecule has 0 unspecified atom stereocenters. The van der Waals surface area contributed by atoms with E-state index >= 15 is 0 Å². The van der Waals surface area contributed by atoms with E-state index in [0.29, 0.717) is 18.6 Å². The number of likely N-dealkylation sites (tertiary alicyclic amines) is 1. The molecule has 2 aliphatic heterocycles. The Hall–Kier alpha value is -2.17. The maximum Gasteiger partial charge on any atom is 0.270 e. The fourth-order valence-corrected chi connectivity index (χ4v) is 2.95. The minimum atomic E-state index is -0.0494. The van der Waals surface area contributed by atoms with E-state index in [1.807, 2.05) is 36.9 Å². The molecule has 2 heterocycles. The molecule has 5 nitrogen and oxygen atoms in total. The molecule has 2 amide bonds. The highest BCUT2D eigenvalue weighted by Crippen LogP contribution is 2.26. The summed E-state index contributed by atoms with van der Waals surface area (Å²) in [6.45, 7) is 5.54. The van der Waals surface area contributed by atoms with Gasteiger partial charge in [0.15, 0.2) is 0 Å². The zero-order valence-corrected chi connectivity index (χ0v) is 13.1. The smallest absolute Gasteiger partial charge is 0.270 e. The summed E-state index contributed by atoms with van der Waals surface area (Å²) in [5, 5.41) is 5.80. The lowest BCUT2D eigenvalue weighted by atomic mass is 10.1. The minimum absolute atomic E-state index is 0.0136. The fourth-order valence-electron chi connectivity index (χ4n) is 2.95. The first-order valence-electron chi connectivity index (χ1n) is 7.83. The highest BCUT2D eigenvalue weighted by molar-refractivity contribution is 6.40. The van der Waals surface area contributed by atoms with E-state index in [-0.39, 0.29) is 11.8 Å². The lowest BCUT2D eigenvalue weighted by Gasteiger charge is -2.26. The zero-order chi connectivity index (χ0) is 15.7. The van der Waals surface area contributed by atoms with Crippen molar-refractivity contribution in [2.24, 2.45) is 5.10 Å². The van der Waals surface area contributed by atoms with Crippen LogP contribution in [0.3, 0.4) is 0 Å². The lowest BCUT2D eigenvalue weighted by molar-refractivity contribution is -0.123. The van der Waals surface area contributed by atoms with E-state index in [1.54, 1.807) is 0 Å². The Bertz CT molecular complexity index is 645. The summed E-state index contributed by atoms with van der Waals surface area (Å²) < 4.78 is 0. The van der Waals surface area contributed by atoms with Gasteiger partial charge in [-0.2, -0.15) is 5.10 Å². The van der Waals surface area contributed by atoms with Gasteiger partial charge in [-0.15, -0.1) is 0 Å². The summed E-state index contributed by atoms with van der Waals surface area (Å²) >= 11 is 0. The number of aryl methyl sites for hydroxylation is 2. The van der Waals surface area contributed by atoms with Crippen LogP contribution in [0, 0.1) is 13.8 Å². The van der Waals surface area contributed by atoms with Gasteiger partial charge in [0.05, 0.1) is 5.69 Å². The highest BCUT2D eigenvalue weighted by atomic mass is 16.2. The molecule has 3 rings (SSSR count). The number of nitrogens with zero attached hydrogens (tertiary/aromatic N) is 3. The maximum absolute atomic E-state index is 12.5. The van der Waals surface area contributed by atoms with Gasteiger partial charge in [-0.1, -0.05) is 12.1 Å². The Balaban J connectivity index is 1.92. The normalized spacial score (nSPS) is 18.6. The number of benzene rings is 1. The molecule has 1 aromatic rings. The first kappa shape index (κ1) is 14.8. The Morgan fingerprint density at radius 2 is 1.86 bits per heavy atom. The summed E-state index contributed by atoms with van der Waals surface area (Å²) in [7, 11) is 0. The third-order valence-corrected chi connectivity index (χ3v) is 4.27. The molecular formula is C17H21N3O2. The van der Waals surface area contributed by atoms with E-state index in [2.05, 4.69) is 5.10 Å². The number of anilines is 1. The first-order chi connectivity index (χ1) is 10.6. The van der Waals surface area contributed by atoms with E-state index in [9.17, 15) is 9.59 Å². The Kier molecular flexibility index (Phi) is 3.96. The number of rotatable bonds is 2. The molecule has 0 spiro atoms. The van der Waals surface area contributed by atoms with Crippen LogP contribution in [0.1, 0.15) is 36.8 Å². The average Bonchev–Trinajstić information content (AvgIpc) is 3.04. The number of carbonyl (C=O) groups is 2. The van der Waals surface area contributed by atoms with E-state index in [4.69, 9.17) is 0 Å². The molecule has 1 fully saturated rings. The van der Waals surface area contributed by atoms with Crippen LogP contribution in [0.25, 0.3) is 0 Å². The van der Waals surface area contributed by atoms with Crippen LogP contribution in [0.5, 0.6) is 0 Å². The Morgan fingerprint density at radius 1 is 1.14 bits per heavy atom. The second-order valence-corrected chi connectivity index (χ2v) is 6.04. The molecule has 1 saturated heterocycles. The van der Waals surface area contributed by atoms with Gasteiger partial charge < -0.3 is 4.90 Å². The predicted octanol–water partition coefficient (Wildman–Crippen LogP) is 2.41. The summed E-state index contributed by atoms with van der Waals surface area (Å²) in [5.41, 5.74) is 3.33. The fraction of sp³-hybridized carbons (Fsp3) is 0.471. The number of carbonyl (C=O) groups excluding carboxylic acids is 2. The Labute approximate surface area is 130 Å². The van der Waals surface area contributed by atoms with Crippen molar-refractivity contribution in [2.75, 3.05) is 18.1 Å². The van der Waals surface area contributed by atoms with Crippen molar-refractivity contribution in [3.63, 3.8) is 0 Å². The average molecular weight is 299 g/mol. The van der Waals surface area contributed by atoms with Gasteiger partial charge in [-0.3, -0.25) is 9.59 Å². The van der Waals surface area contributed by atoms with Crippen molar-refractivity contribution < 1.29 is 9.59 Å². The third-order valence-electron chi connectivity index (χ3n) is 4.27. The lowest BCUT2D eigenvalue weighted by Crippen LogP contribution is -2.40. The van der Waals surface area contributed by atoms with Crippen molar-refractivity contribution in [2.45, 2.75) is 39.5 Å². The van der Waals surface area contributed by atoms with Crippen LogP contribution < -0.4 is 5.01 Å². The van der Waals surface area contributed by atoms with Gasteiger partial charge in [0.25, 0.3) is 5.91 Å². The van der Waals surface area contributed by atoms with Crippen molar-refractivity contribution in [3.8, 4) is 0 Å². The predicted molar refractivity (Wildman–Crippen MR) is 85.9 cm³/mol. The molecule has 0 saturated carbocycles. The highest BCUT2D eigenvalue weighted by Gasteiger charge is 2.29. The molecule has 116 valence electrons. The van der Waals surface area contributed by atoms with Crippen molar-refractivity contribution in [1.82, 2.24) is 4.90 Å². The molecule has 22 heavy (non-hydrogen) atoms. The molecule has 0 aliphatic carbocycles. The van der Waals surface area contributed by atoms with E-state index in [1.165, 1.54) is 5.01 Å². The van der Waals surface area contributed by atoms with Crippen LogP contribution >= 0.6 is 0 Å². The van der Waals surface area contributed by atoms with Crippen LogP contribution in [-0.4, -0.2) is 35.5 Å². The zero-order valence-electron chi connectivity index (χ0n) is 13.1. The van der Waals surface area contributed by atoms with E-state index in [0.717, 1.165) is 42.7 Å². The van der Waals surface area contributed by atoms with Crippen LogP contribution in [0.2, 0.25) is 0 Å². The minimum Gasteiger partial charge on any atom is -0.338 e. The van der Waals surface area contributed by atoms with Gasteiger partial charge in [-0.05, 0) is 43.9 Å². The van der Waals surface area contributed by atoms with Crippen molar-refractivity contribution in [3.05, 3.63) is 29.3 Å². The largest absolute Gasteiger partial charge is 0.338 e. The van der Waals surface area contributed by atoms with Crippen LogP contribution in [-0.2, 0) is 9.59 Å². The van der Waals surface area contributed by atoms with Crippen LogP contribution in [0.4, 0.5) is 5.69 Å². The summed E-state index contributed by atoms with van der Waals surface area (Å²) in [5.74, 6) is -0.0630. The third kappa shape index (κ3) is 2.75. The van der Waals surface area contributed by atoms with Gasteiger partial charge in [-0.25, -0.2) is 5.01 Å². The van der Waals surface area contributed by atoms with Gasteiger partial charge in [0, 0.05) is 25.9 Å². The quantitative estimate of drug-likeness (QED) is 0.842. The van der Waals surface area contributed by atoms with Gasteiger partial charge in [0.2, 0.25) is 5.91 Å². The molecule has 1 aromatic carbocycles. The van der Waals surface area contributed by atoms with Crippen molar-refractivity contribution in [1.29, 1.82) is 0 Å². The van der Waals surface area contributed by atoms with Gasteiger partial charge >= 0.3 is 0 Å². The Morgan fingerprint density at radius 3 is 2.59 bits per heavy atom. The maximum atomic E-state index is 12.5. The summed E-state index contributed by atoms with van der Waals surface area (Å²) in [6, 6.07) is 5.93. The van der Waals surface area contributed by atoms with Gasteiger partial charge in [0.1, 0.15) is 5.71 Å². The van der Waals surface area contributed by atoms with Crippen LogP contribution in [0.15, 0.2) is 23.3 Å².